The van der Waals surface area contributed by atoms with Crippen LogP contribution >= 0.6 is 0 Å². The Hall–Kier alpha value is -1.36. The summed E-state index contributed by atoms with van der Waals surface area (Å²) in [4.78, 5) is 14.9. The Kier molecular flexibility index (Phi) is 4.76. The topological polar surface area (TPSA) is 58.2 Å². The highest BCUT2D eigenvalue weighted by molar-refractivity contribution is 5.94. The van der Waals surface area contributed by atoms with Crippen molar-refractivity contribution in [3.8, 4) is 0 Å². The number of H-pyrrole nitrogens is 1. The molecule has 5 nitrogen and oxygen atoms in total. The zero-order valence-electron chi connectivity index (χ0n) is 14.8. The number of ether oxygens (including phenoxy) is 1. The van der Waals surface area contributed by atoms with Crippen LogP contribution in [0.3, 0.4) is 0 Å². The third-order valence-electron chi connectivity index (χ3n) is 5.70. The summed E-state index contributed by atoms with van der Waals surface area (Å²) >= 11 is 0. The van der Waals surface area contributed by atoms with Gasteiger partial charge in [0.05, 0.1) is 17.9 Å². The van der Waals surface area contributed by atoms with Crippen molar-refractivity contribution in [2.24, 2.45) is 5.92 Å². The van der Waals surface area contributed by atoms with E-state index in [0.29, 0.717) is 11.7 Å². The molecule has 1 N–H and O–H groups in total. The quantitative estimate of drug-likeness (QED) is 0.928. The van der Waals surface area contributed by atoms with E-state index in [4.69, 9.17) is 4.74 Å². The normalized spacial score (nSPS) is 30.8. The lowest BCUT2D eigenvalue weighted by atomic mass is 9.84. The van der Waals surface area contributed by atoms with Crippen molar-refractivity contribution in [3.63, 3.8) is 0 Å². The maximum Gasteiger partial charge on any atom is 0.274 e. The van der Waals surface area contributed by atoms with Crippen molar-refractivity contribution in [3.05, 3.63) is 17.0 Å². The van der Waals surface area contributed by atoms with Gasteiger partial charge in [0.25, 0.3) is 5.91 Å². The number of carbonyl (C=O) groups is 1. The first-order valence-corrected chi connectivity index (χ1v) is 9.01. The maximum atomic E-state index is 12.9. The number of rotatable bonds is 3. The van der Waals surface area contributed by atoms with Crippen LogP contribution < -0.4 is 0 Å². The zero-order valence-corrected chi connectivity index (χ0v) is 14.8. The van der Waals surface area contributed by atoms with Gasteiger partial charge in [-0.2, -0.15) is 5.10 Å². The number of aromatic amines is 1. The van der Waals surface area contributed by atoms with Crippen LogP contribution in [0, 0.1) is 5.92 Å². The number of hydrogen-bond donors (Lipinski definition) is 1. The van der Waals surface area contributed by atoms with Crippen LogP contribution in [0.5, 0.6) is 0 Å². The molecular weight excluding hydrogens is 290 g/mol. The van der Waals surface area contributed by atoms with Gasteiger partial charge >= 0.3 is 0 Å². The molecule has 0 spiro atoms. The molecule has 1 aliphatic heterocycles. The fourth-order valence-electron chi connectivity index (χ4n) is 4.12. The number of fused-ring (bicyclic) bond motifs is 1. The Morgan fingerprint density at radius 1 is 1.30 bits per heavy atom. The van der Waals surface area contributed by atoms with E-state index >= 15 is 0 Å². The summed E-state index contributed by atoms with van der Waals surface area (Å²) in [6.07, 6.45) is 6.83. The average molecular weight is 319 g/mol. The van der Waals surface area contributed by atoms with Crippen LogP contribution in [-0.2, 0) is 11.2 Å². The van der Waals surface area contributed by atoms with Gasteiger partial charge in [-0.1, -0.05) is 13.3 Å². The molecule has 1 saturated carbocycles. The van der Waals surface area contributed by atoms with E-state index in [9.17, 15) is 4.79 Å². The molecule has 1 fully saturated rings. The lowest BCUT2D eigenvalue weighted by Crippen LogP contribution is -2.40. The van der Waals surface area contributed by atoms with E-state index < -0.39 is 0 Å². The number of nitrogens with zero attached hydrogens (tertiary/aromatic N) is 2. The Morgan fingerprint density at radius 2 is 2.00 bits per heavy atom. The summed E-state index contributed by atoms with van der Waals surface area (Å²) < 4.78 is 5.81. The molecule has 1 aliphatic carbocycles. The van der Waals surface area contributed by atoms with Crippen LogP contribution in [0.2, 0.25) is 0 Å². The molecule has 2 aliphatic rings. The molecule has 1 aromatic rings. The number of hydrogen-bond acceptors (Lipinski definition) is 3. The molecule has 2 atom stereocenters. The third-order valence-corrected chi connectivity index (χ3v) is 5.70. The number of nitrogens with one attached hydrogen (secondary N) is 1. The first-order chi connectivity index (χ1) is 11.0. The Labute approximate surface area is 138 Å². The van der Waals surface area contributed by atoms with E-state index in [1.54, 1.807) is 0 Å². The van der Waals surface area contributed by atoms with Gasteiger partial charge < -0.3 is 9.64 Å². The second-order valence-electron chi connectivity index (χ2n) is 7.26. The fourth-order valence-corrected chi connectivity index (χ4v) is 4.12. The third kappa shape index (κ3) is 3.16. The van der Waals surface area contributed by atoms with Gasteiger partial charge in [0.1, 0.15) is 0 Å². The molecule has 3 rings (SSSR count). The van der Waals surface area contributed by atoms with E-state index in [1.807, 2.05) is 18.9 Å². The van der Waals surface area contributed by atoms with Crippen molar-refractivity contribution in [1.29, 1.82) is 0 Å². The van der Waals surface area contributed by atoms with Gasteiger partial charge in [-0.3, -0.25) is 9.89 Å². The standard InChI is InChI=1S/C18H29N3O2/c1-5-13-6-8-14(9-7-13)21(4)18(22)17-15-10-11(2)23-12(3)16(15)19-20-17/h11-14H,5-10H2,1-4H3,(H,19,20)/t11-,12+,13?,14?/m0/s1. The van der Waals surface area contributed by atoms with Gasteiger partial charge in [-0.15, -0.1) is 0 Å². The summed E-state index contributed by atoms with van der Waals surface area (Å²) in [6, 6.07) is 0.354. The molecule has 23 heavy (non-hydrogen) atoms. The molecule has 5 heteroatoms. The Bertz CT molecular complexity index is 561. The highest BCUT2D eigenvalue weighted by Crippen LogP contribution is 2.32. The summed E-state index contributed by atoms with van der Waals surface area (Å²) in [5, 5.41) is 7.36. The van der Waals surface area contributed by atoms with Gasteiger partial charge in [0.15, 0.2) is 5.69 Å². The molecule has 0 unspecified atom stereocenters. The van der Waals surface area contributed by atoms with E-state index in [1.165, 1.54) is 19.3 Å². The minimum atomic E-state index is -0.0203. The van der Waals surface area contributed by atoms with Gasteiger partial charge in [-0.25, -0.2) is 0 Å². The van der Waals surface area contributed by atoms with Crippen molar-refractivity contribution in [1.82, 2.24) is 15.1 Å². The summed E-state index contributed by atoms with van der Waals surface area (Å²) in [6.45, 7) is 6.33. The lowest BCUT2D eigenvalue weighted by molar-refractivity contribution is -0.00703. The van der Waals surface area contributed by atoms with Crippen LogP contribution in [0.4, 0.5) is 0 Å². The monoisotopic (exact) mass is 319 g/mol. The molecule has 0 radical (unpaired) electrons. The van der Waals surface area contributed by atoms with Crippen LogP contribution in [0.15, 0.2) is 0 Å². The fraction of sp³-hybridized carbons (Fsp3) is 0.778. The van der Waals surface area contributed by atoms with Crippen molar-refractivity contribution >= 4 is 5.91 Å². The van der Waals surface area contributed by atoms with E-state index in [-0.39, 0.29) is 18.1 Å². The smallest absolute Gasteiger partial charge is 0.274 e. The highest BCUT2D eigenvalue weighted by Gasteiger charge is 2.33. The molecule has 0 aromatic carbocycles. The lowest BCUT2D eigenvalue weighted by Gasteiger charge is -2.34. The van der Waals surface area contributed by atoms with Gasteiger partial charge in [0, 0.05) is 25.1 Å². The minimum Gasteiger partial charge on any atom is -0.369 e. The van der Waals surface area contributed by atoms with Crippen LogP contribution in [0.1, 0.15) is 80.7 Å². The molecule has 0 saturated heterocycles. The largest absolute Gasteiger partial charge is 0.369 e. The number of carbonyl (C=O) groups excluding carboxylic acids is 1. The number of amides is 1. The zero-order chi connectivity index (χ0) is 16.6. The van der Waals surface area contributed by atoms with E-state index in [2.05, 4.69) is 24.0 Å². The predicted octanol–water partition coefficient (Wildman–Crippen LogP) is 3.47. The van der Waals surface area contributed by atoms with Gasteiger partial charge in [-0.05, 0) is 45.4 Å². The van der Waals surface area contributed by atoms with E-state index in [0.717, 1.165) is 36.4 Å². The average Bonchev–Trinajstić information content (AvgIpc) is 2.97. The van der Waals surface area contributed by atoms with Crippen LogP contribution in [-0.4, -0.2) is 40.2 Å². The summed E-state index contributed by atoms with van der Waals surface area (Å²) in [7, 11) is 1.94. The second-order valence-corrected chi connectivity index (χ2v) is 7.26. The van der Waals surface area contributed by atoms with Crippen molar-refractivity contribution in [2.75, 3.05) is 7.05 Å². The van der Waals surface area contributed by atoms with Crippen molar-refractivity contribution < 1.29 is 9.53 Å². The first kappa shape index (κ1) is 16.5. The van der Waals surface area contributed by atoms with Crippen LogP contribution in [0.25, 0.3) is 0 Å². The highest BCUT2D eigenvalue weighted by atomic mass is 16.5. The van der Waals surface area contributed by atoms with Crippen molar-refractivity contribution in [2.45, 2.75) is 77.5 Å². The Morgan fingerprint density at radius 3 is 2.65 bits per heavy atom. The maximum absolute atomic E-state index is 12.9. The molecule has 1 aromatic heterocycles. The van der Waals surface area contributed by atoms with Gasteiger partial charge in [0.2, 0.25) is 0 Å². The summed E-state index contributed by atoms with van der Waals surface area (Å²) in [5.74, 6) is 0.899. The first-order valence-electron chi connectivity index (χ1n) is 9.01. The molecule has 1 amide bonds. The molecule has 128 valence electrons. The second kappa shape index (κ2) is 6.63. The SMILES string of the molecule is CCC1CCC(N(C)C(=O)c2n[nH]c3c2C[C@H](C)O[C@@H]3C)CC1. The number of aromatic nitrogens is 2. The molecular formula is C18H29N3O2. The Balaban J connectivity index is 1.74. The predicted molar refractivity (Wildman–Crippen MR) is 89.4 cm³/mol. The minimum absolute atomic E-state index is 0.0203. The summed E-state index contributed by atoms with van der Waals surface area (Å²) in [5.41, 5.74) is 2.62. The molecule has 2 heterocycles. The molecule has 0 bridgehead atoms.